The number of nitrogens with zero attached hydrogens (tertiary/aromatic N) is 2. The van der Waals surface area contributed by atoms with Gasteiger partial charge in [0.25, 0.3) is 0 Å². The molecule has 0 radical (unpaired) electrons. The Balaban J connectivity index is 1.75. The number of rotatable bonds is 3. The van der Waals surface area contributed by atoms with Gasteiger partial charge in [-0.15, -0.1) is 0 Å². The van der Waals surface area contributed by atoms with E-state index in [9.17, 15) is 13.2 Å². The van der Waals surface area contributed by atoms with Crippen molar-refractivity contribution in [2.75, 3.05) is 39.4 Å². The van der Waals surface area contributed by atoms with Crippen molar-refractivity contribution < 1.29 is 17.9 Å². The highest BCUT2D eigenvalue weighted by atomic mass is 32.2. The predicted octanol–water partition coefficient (Wildman–Crippen LogP) is 2.18. The summed E-state index contributed by atoms with van der Waals surface area (Å²) in [5, 5.41) is 0. The molecule has 2 aliphatic heterocycles. The monoisotopic (exact) mass is 394 g/mol. The molecule has 0 spiro atoms. The Morgan fingerprint density at radius 3 is 2.00 bits per heavy atom. The topological polar surface area (TPSA) is 66.9 Å². The standard InChI is InChI=1S/C20H30N2O4S/c1-14-13-15(2)17(4)19(16(14)3)27(24,25)22-7-5-18(6-8-22)20(23)21-9-11-26-12-10-21/h13,18H,5-12H2,1-4H3. The van der Waals surface area contributed by atoms with Crippen LogP contribution >= 0.6 is 0 Å². The van der Waals surface area contributed by atoms with Gasteiger partial charge in [0.05, 0.1) is 18.1 Å². The number of carbonyl (C=O) groups excluding carboxylic acids is 1. The van der Waals surface area contributed by atoms with E-state index in [0.29, 0.717) is 57.1 Å². The van der Waals surface area contributed by atoms with Crippen LogP contribution in [-0.2, 0) is 19.6 Å². The van der Waals surface area contributed by atoms with Crippen molar-refractivity contribution in [3.05, 3.63) is 28.3 Å². The molecular weight excluding hydrogens is 364 g/mol. The third kappa shape index (κ3) is 3.91. The molecule has 6 nitrogen and oxygen atoms in total. The summed E-state index contributed by atoms with van der Waals surface area (Å²) >= 11 is 0. The summed E-state index contributed by atoms with van der Waals surface area (Å²) in [7, 11) is -3.55. The van der Waals surface area contributed by atoms with E-state index in [2.05, 4.69) is 0 Å². The van der Waals surface area contributed by atoms with Gasteiger partial charge in [0.15, 0.2) is 0 Å². The number of benzene rings is 1. The lowest BCUT2D eigenvalue weighted by molar-refractivity contribution is -0.140. The van der Waals surface area contributed by atoms with E-state index in [1.165, 1.54) is 0 Å². The first-order chi connectivity index (χ1) is 12.7. The molecule has 0 unspecified atom stereocenters. The van der Waals surface area contributed by atoms with Crippen molar-refractivity contribution in [2.24, 2.45) is 5.92 Å². The Bertz CT molecular complexity index is 795. The molecule has 150 valence electrons. The Kier molecular flexibility index (Phi) is 5.93. The minimum Gasteiger partial charge on any atom is -0.378 e. The molecule has 2 fully saturated rings. The zero-order valence-electron chi connectivity index (χ0n) is 16.7. The van der Waals surface area contributed by atoms with Crippen LogP contribution in [0.25, 0.3) is 0 Å². The maximum atomic E-state index is 13.3. The molecule has 0 bridgehead atoms. The number of hydrogen-bond acceptors (Lipinski definition) is 4. The highest BCUT2D eigenvalue weighted by Crippen LogP contribution is 2.31. The fourth-order valence-electron chi connectivity index (χ4n) is 4.08. The highest BCUT2D eigenvalue weighted by molar-refractivity contribution is 7.89. The number of piperidine rings is 1. The molecule has 1 aromatic carbocycles. The number of carbonyl (C=O) groups is 1. The third-order valence-electron chi connectivity index (χ3n) is 6.02. The van der Waals surface area contributed by atoms with E-state index in [1.54, 1.807) is 4.31 Å². The smallest absolute Gasteiger partial charge is 0.243 e. The summed E-state index contributed by atoms with van der Waals surface area (Å²) in [4.78, 5) is 15.0. The lowest BCUT2D eigenvalue weighted by Crippen LogP contribution is -2.47. The maximum absolute atomic E-state index is 13.3. The van der Waals surface area contributed by atoms with Crippen molar-refractivity contribution in [1.29, 1.82) is 0 Å². The minimum atomic E-state index is -3.55. The average molecular weight is 395 g/mol. The van der Waals surface area contributed by atoms with E-state index in [-0.39, 0.29) is 11.8 Å². The molecule has 0 aliphatic carbocycles. The predicted molar refractivity (Wildman–Crippen MR) is 104 cm³/mol. The second-order valence-electron chi connectivity index (χ2n) is 7.71. The minimum absolute atomic E-state index is 0.0870. The van der Waals surface area contributed by atoms with Crippen LogP contribution in [-0.4, -0.2) is 62.9 Å². The van der Waals surface area contributed by atoms with Gasteiger partial charge < -0.3 is 9.64 Å². The first-order valence-corrected chi connectivity index (χ1v) is 11.1. The molecule has 2 heterocycles. The summed E-state index contributed by atoms with van der Waals surface area (Å²) in [5.41, 5.74) is 3.64. The zero-order chi connectivity index (χ0) is 19.8. The molecule has 3 rings (SSSR count). The summed E-state index contributed by atoms with van der Waals surface area (Å²) in [6.07, 6.45) is 1.16. The second kappa shape index (κ2) is 7.89. The lowest BCUT2D eigenvalue weighted by Gasteiger charge is -2.35. The fraction of sp³-hybridized carbons (Fsp3) is 0.650. The number of ether oxygens (including phenoxy) is 1. The lowest BCUT2D eigenvalue weighted by atomic mass is 9.96. The molecule has 2 aliphatic rings. The van der Waals surface area contributed by atoms with Crippen molar-refractivity contribution in [3.8, 4) is 0 Å². The molecule has 0 saturated carbocycles. The van der Waals surface area contributed by atoms with Crippen molar-refractivity contribution in [1.82, 2.24) is 9.21 Å². The van der Waals surface area contributed by atoms with Gasteiger partial charge in [-0.1, -0.05) is 6.07 Å². The van der Waals surface area contributed by atoms with Crippen LogP contribution in [0.1, 0.15) is 35.1 Å². The Morgan fingerprint density at radius 2 is 1.48 bits per heavy atom. The number of hydrogen-bond donors (Lipinski definition) is 0. The van der Waals surface area contributed by atoms with E-state index in [0.717, 1.165) is 22.3 Å². The molecule has 0 atom stereocenters. The fourth-order valence-corrected chi connectivity index (χ4v) is 6.13. The van der Waals surface area contributed by atoms with Crippen LogP contribution < -0.4 is 0 Å². The summed E-state index contributed by atoms with van der Waals surface area (Å²) in [6.45, 7) is 10.9. The van der Waals surface area contributed by atoms with Gasteiger partial charge >= 0.3 is 0 Å². The van der Waals surface area contributed by atoms with Crippen molar-refractivity contribution in [2.45, 2.75) is 45.4 Å². The SMILES string of the molecule is Cc1cc(C)c(C)c(S(=O)(=O)N2CCC(C(=O)N3CCOCC3)CC2)c1C. The molecule has 1 amide bonds. The molecule has 7 heteroatoms. The Morgan fingerprint density at radius 1 is 0.963 bits per heavy atom. The average Bonchev–Trinajstić information content (AvgIpc) is 2.66. The van der Waals surface area contributed by atoms with Gasteiger partial charge in [0, 0.05) is 32.1 Å². The van der Waals surface area contributed by atoms with Crippen LogP contribution in [0.4, 0.5) is 0 Å². The maximum Gasteiger partial charge on any atom is 0.243 e. The zero-order valence-corrected chi connectivity index (χ0v) is 17.6. The van der Waals surface area contributed by atoms with Crippen molar-refractivity contribution >= 4 is 15.9 Å². The van der Waals surface area contributed by atoms with Gasteiger partial charge in [-0.3, -0.25) is 4.79 Å². The largest absolute Gasteiger partial charge is 0.378 e. The van der Waals surface area contributed by atoms with E-state index < -0.39 is 10.0 Å². The summed E-state index contributed by atoms with van der Waals surface area (Å²) in [6, 6.07) is 2.04. The normalized spacial score (nSPS) is 20.1. The quantitative estimate of drug-likeness (QED) is 0.788. The Labute approximate surface area is 162 Å². The molecule has 0 aromatic heterocycles. The summed E-state index contributed by atoms with van der Waals surface area (Å²) in [5.74, 6) is 0.0603. The van der Waals surface area contributed by atoms with E-state index in [4.69, 9.17) is 4.74 Å². The molecule has 2 saturated heterocycles. The van der Waals surface area contributed by atoms with Crippen molar-refractivity contribution in [3.63, 3.8) is 0 Å². The molecule has 27 heavy (non-hydrogen) atoms. The van der Waals surface area contributed by atoms with Gasteiger partial charge in [-0.25, -0.2) is 8.42 Å². The van der Waals surface area contributed by atoms with Crippen LogP contribution in [0.15, 0.2) is 11.0 Å². The van der Waals surface area contributed by atoms with Gasteiger partial charge in [-0.05, 0) is 62.8 Å². The molecular formula is C20H30N2O4S. The van der Waals surface area contributed by atoms with E-state index >= 15 is 0 Å². The number of sulfonamides is 1. The second-order valence-corrected chi connectivity index (χ2v) is 9.58. The van der Waals surface area contributed by atoms with Crippen LogP contribution in [0.3, 0.4) is 0 Å². The molecule has 1 aromatic rings. The van der Waals surface area contributed by atoms with Crippen LogP contribution in [0, 0.1) is 33.6 Å². The first kappa shape index (κ1) is 20.3. The van der Waals surface area contributed by atoms with Gasteiger partial charge in [0.1, 0.15) is 0 Å². The van der Waals surface area contributed by atoms with Gasteiger partial charge in [0.2, 0.25) is 15.9 Å². The highest BCUT2D eigenvalue weighted by Gasteiger charge is 2.35. The van der Waals surface area contributed by atoms with Crippen LogP contribution in [0.5, 0.6) is 0 Å². The Hall–Kier alpha value is -1.44. The number of morpholine rings is 1. The third-order valence-corrected chi connectivity index (χ3v) is 8.19. The number of aryl methyl sites for hydroxylation is 2. The van der Waals surface area contributed by atoms with Gasteiger partial charge in [-0.2, -0.15) is 4.31 Å². The van der Waals surface area contributed by atoms with Crippen LogP contribution in [0.2, 0.25) is 0 Å². The molecule has 0 N–H and O–H groups in total. The van der Waals surface area contributed by atoms with E-state index in [1.807, 2.05) is 38.7 Å². The first-order valence-electron chi connectivity index (χ1n) is 9.67. The summed E-state index contributed by atoms with van der Waals surface area (Å²) < 4.78 is 33.5. The number of amides is 1.